The third kappa shape index (κ3) is 2.46. The number of anilines is 1. The van der Waals surface area contributed by atoms with E-state index in [2.05, 4.69) is 6.07 Å². The number of aromatic hydroxyl groups is 1. The molecule has 1 heterocycles. The Morgan fingerprint density at radius 3 is 2.25 bits per heavy atom. The van der Waals surface area contributed by atoms with E-state index in [1.165, 1.54) is 0 Å². The highest BCUT2D eigenvalue weighted by Crippen LogP contribution is 2.35. The molecule has 3 N–H and O–H groups in total. The van der Waals surface area contributed by atoms with Crippen molar-refractivity contribution in [2.75, 3.05) is 5.73 Å². The van der Waals surface area contributed by atoms with E-state index in [4.69, 9.17) is 10.7 Å². The Morgan fingerprint density at radius 2 is 1.50 bits per heavy atom. The molecule has 3 nitrogen and oxygen atoms in total. The molecule has 0 bridgehead atoms. The highest BCUT2D eigenvalue weighted by atomic mass is 16.3. The number of pyridine rings is 1. The number of hydrogen-bond acceptors (Lipinski definition) is 3. The first kappa shape index (κ1) is 14.3. The monoisotopic (exact) mass is 312 g/mol. The summed E-state index contributed by atoms with van der Waals surface area (Å²) in [5.74, 6) is 0.244. The van der Waals surface area contributed by atoms with Crippen molar-refractivity contribution in [3.05, 3.63) is 78.9 Å². The number of nitrogens with two attached hydrogens (primary N) is 1. The van der Waals surface area contributed by atoms with Crippen LogP contribution in [0.2, 0.25) is 0 Å². The Kier molecular flexibility index (Phi) is 3.39. The van der Waals surface area contributed by atoms with Gasteiger partial charge in [0.2, 0.25) is 0 Å². The van der Waals surface area contributed by atoms with Crippen molar-refractivity contribution < 1.29 is 5.11 Å². The first-order chi connectivity index (χ1) is 11.7. The highest BCUT2D eigenvalue weighted by Gasteiger charge is 2.12. The summed E-state index contributed by atoms with van der Waals surface area (Å²) < 4.78 is 0. The minimum Gasteiger partial charge on any atom is -0.508 e. The van der Waals surface area contributed by atoms with Crippen LogP contribution in [0.3, 0.4) is 0 Å². The van der Waals surface area contributed by atoms with Crippen molar-refractivity contribution >= 4 is 16.6 Å². The second kappa shape index (κ2) is 5.70. The first-order valence-electron chi connectivity index (χ1n) is 7.76. The van der Waals surface area contributed by atoms with Crippen LogP contribution in [0.25, 0.3) is 33.3 Å². The van der Waals surface area contributed by atoms with E-state index >= 15 is 0 Å². The molecule has 4 aromatic rings. The molecule has 116 valence electrons. The van der Waals surface area contributed by atoms with Gasteiger partial charge in [-0.05, 0) is 35.9 Å². The molecular formula is C21H16N2O. The number of rotatable bonds is 2. The van der Waals surface area contributed by atoms with E-state index in [1.54, 1.807) is 12.1 Å². The van der Waals surface area contributed by atoms with E-state index in [0.29, 0.717) is 5.69 Å². The summed E-state index contributed by atoms with van der Waals surface area (Å²) in [4.78, 5) is 4.86. The summed E-state index contributed by atoms with van der Waals surface area (Å²) in [5.41, 5.74) is 11.6. The topological polar surface area (TPSA) is 59.1 Å². The molecule has 24 heavy (non-hydrogen) atoms. The zero-order valence-corrected chi connectivity index (χ0v) is 13.0. The predicted molar refractivity (Wildman–Crippen MR) is 98.7 cm³/mol. The number of nitrogen functional groups attached to an aromatic ring is 1. The standard InChI is InChI=1S/C21H16N2O/c22-19-7-4-8-20-18(19)13-17(14-9-11-16(24)12-10-14)21(23-20)15-5-2-1-3-6-15/h1-13,24H,22H2. The minimum atomic E-state index is 0.244. The van der Waals surface area contributed by atoms with Crippen molar-refractivity contribution in [3.8, 4) is 28.1 Å². The second-order valence-electron chi connectivity index (χ2n) is 5.71. The van der Waals surface area contributed by atoms with Crippen molar-refractivity contribution in [1.29, 1.82) is 0 Å². The maximum atomic E-state index is 9.57. The summed E-state index contributed by atoms with van der Waals surface area (Å²) in [7, 11) is 0. The number of benzene rings is 3. The first-order valence-corrected chi connectivity index (χ1v) is 7.76. The number of nitrogens with zero attached hydrogens (tertiary/aromatic N) is 1. The normalized spacial score (nSPS) is 10.8. The lowest BCUT2D eigenvalue weighted by molar-refractivity contribution is 0.475. The van der Waals surface area contributed by atoms with Crippen molar-refractivity contribution in [1.82, 2.24) is 4.98 Å². The highest BCUT2D eigenvalue weighted by molar-refractivity contribution is 5.97. The molecule has 0 atom stereocenters. The number of aromatic nitrogens is 1. The van der Waals surface area contributed by atoms with Crippen LogP contribution in [-0.4, -0.2) is 10.1 Å². The molecule has 0 aliphatic rings. The Balaban J connectivity index is 2.05. The van der Waals surface area contributed by atoms with E-state index in [-0.39, 0.29) is 5.75 Å². The summed E-state index contributed by atoms with van der Waals surface area (Å²) in [5, 5.41) is 10.5. The molecule has 0 spiro atoms. The molecule has 0 fully saturated rings. The smallest absolute Gasteiger partial charge is 0.115 e. The van der Waals surface area contributed by atoms with Gasteiger partial charge in [0, 0.05) is 22.2 Å². The quantitative estimate of drug-likeness (QED) is 0.520. The average molecular weight is 312 g/mol. The Hall–Kier alpha value is -3.33. The Morgan fingerprint density at radius 1 is 0.750 bits per heavy atom. The van der Waals surface area contributed by atoms with Gasteiger partial charge in [-0.25, -0.2) is 4.98 Å². The van der Waals surface area contributed by atoms with E-state index < -0.39 is 0 Å². The average Bonchev–Trinajstić information content (AvgIpc) is 2.63. The zero-order chi connectivity index (χ0) is 16.5. The summed E-state index contributed by atoms with van der Waals surface area (Å²) in [6, 6.07) is 25.1. The van der Waals surface area contributed by atoms with Gasteiger partial charge in [-0.15, -0.1) is 0 Å². The van der Waals surface area contributed by atoms with Gasteiger partial charge in [0.25, 0.3) is 0 Å². The van der Waals surface area contributed by atoms with Crippen LogP contribution in [0, 0.1) is 0 Å². The predicted octanol–water partition coefficient (Wildman–Crippen LogP) is 4.86. The van der Waals surface area contributed by atoms with Crippen molar-refractivity contribution in [3.63, 3.8) is 0 Å². The molecule has 1 aromatic heterocycles. The molecule has 3 heteroatoms. The molecule has 4 rings (SSSR count). The van der Waals surface area contributed by atoms with E-state index in [9.17, 15) is 5.11 Å². The molecule has 0 saturated carbocycles. The summed E-state index contributed by atoms with van der Waals surface area (Å²) in [6.45, 7) is 0. The number of fused-ring (bicyclic) bond motifs is 1. The van der Waals surface area contributed by atoms with Gasteiger partial charge in [-0.2, -0.15) is 0 Å². The van der Waals surface area contributed by atoms with Gasteiger partial charge in [0.1, 0.15) is 5.75 Å². The summed E-state index contributed by atoms with van der Waals surface area (Å²) >= 11 is 0. The van der Waals surface area contributed by atoms with Crippen LogP contribution in [0.5, 0.6) is 5.75 Å². The van der Waals surface area contributed by atoms with Gasteiger partial charge in [0.15, 0.2) is 0 Å². The fourth-order valence-corrected chi connectivity index (χ4v) is 2.90. The van der Waals surface area contributed by atoms with Gasteiger partial charge < -0.3 is 10.8 Å². The third-order valence-electron chi connectivity index (χ3n) is 4.12. The number of phenolic OH excluding ortho intramolecular Hbond substituents is 1. The molecular weight excluding hydrogens is 296 g/mol. The molecule has 3 aromatic carbocycles. The van der Waals surface area contributed by atoms with Gasteiger partial charge in [-0.3, -0.25) is 0 Å². The van der Waals surface area contributed by atoms with Gasteiger partial charge in [-0.1, -0.05) is 48.5 Å². The van der Waals surface area contributed by atoms with Crippen LogP contribution in [-0.2, 0) is 0 Å². The van der Waals surface area contributed by atoms with Crippen LogP contribution in [0.4, 0.5) is 5.69 Å². The number of hydrogen-bond donors (Lipinski definition) is 2. The maximum absolute atomic E-state index is 9.57. The fourth-order valence-electron chi connectivity index (χ4n) is 2.90. The zero-order valence-electron chi connectivity index (χ0n) is 13.0. The fraction of sp³-hybridized carbons (Fsp3) is 0. The van der Waals surface area contributed by atoms with E-state index in [1.807, 2.05) is 60.7 Å². The Bertz CT molecular complexity index is 1010. The van der Waals surface area contributed by atoms with Crippen LogP contribution >= 0.6 is 0 Å². The third-order valence-corrected chi connectivity index (χ3v) is 4.12. The number of phenols is 1. The van der Waals surface area contributed by atoms with Crippen molar-refractivity contribution in [2.24, 2.45) is 0 Å². The SMILES string of the molecule is Nc1cccc2nc(-c3ccccc3)c(-c3ccc(O)cc3)cc12. The molecule has 0 aliphatic heterocycles. The lowest BCUT2D eigenvalue weighted by Crippen LogP contribution is -1.94. The molecule has 0 radical (unpaired) electrons. The van der Waals surface area contributed by atoms with Crippen molar-refractivity contribution in [2.45, 2.75) is 0 Å². The largest absolute Gasteiger partial charge is 0.508 e. The molecule has 0 saturated heterocycles. The van der Waals surface area contributed by atoms with Crippen LogP contribution in [0.1, 0.15) is 0 Å². The van der Waals surface area contributed by atoms with Gasteiger partial charge >= 0.3 is 0 Å². The lowest BCUT2D eigenvalue weighted by Gasteiger charge is -2.12. The maximum Gasteiger partial charge on any atom is 0.115 e. The second-order valence-corrected chi connectivity index (χ2v) is 5.71. The summed E-state index contributed by atoms with van der Waals surface area (Å²) in [6.07, 6.45) is 0. The van der Waals surface area contributed by atoms with Crippen LogP contribution in [0.15, 0.2) is 78.9 Å². The minimum absolute atomic E-state index is 0.244. The van der Waals surface area contributed by atoms with Crippen LogP contribution < -0.4 is 5.73 Å². The van der Waals surface area contributed by atoms with E-state index in [0.717, 1.165) is 33.3 Å². The molecule has 0 aliphatic carbocycles. The molecule has 0 amide bonds. The Labute approximate surface area is 140 Å². The lowest BCUT2D eigenvalue weighted by atomic mass is 9.97. The molecule has 0 unspecified atom stereocenters. The van der Waals surface area contributed by atoms with Gasteiger partial charge in [0.05, 0.1) is 11.2 Å².